The van der Waals surface area contributed by atoms with Crippen LogP contribution in [0, 0.1) is 0 Å². The number of halogens is 1. The smallest absolute Gasteiger partial charge is 0.174 e. The zero-order valence-electron chi connectivity index (χ0n) is 12.0. The molecule has 0 aliphatic rings. The average Bonchev–Trinajstić information content (AvgIpc) is 2.35. The van der Waals surface area contributed by atoms with Crippen molar-refractivity contribution in [1.29, 1.82) is 0 Å². The van der Waals surface area contributed by atoms with E-state index in [-0.39, 0.29) is 0 Å². The highest BCUT2D eigenvalue weighted by Gasteiger charge is 2.09. The van der Waals surface area contributed by atoms with Gasteiger partial charge in [0.05, 0.1) is 18.2 Å². The molecule has 0 atom stereocenters. The van der Waals surface area contributed by atoms with Gasteiger partial charge in [0.25, 0.3) is 0 Å². The molecule has 0 aliphatic heterocycles. The Morgan fingerprint density at radius 1 is 1.37 bits per heavy atom. The number of ether oxygens (including phenoxy) is 2. The molecule has 1 N–H and O–H groups in total. The number of hydrogen-bond acceptors (Lipinski definition) is 3. The molecule has 4 heteroatoms. The molecule has 0 unspecified atom stereocenters. The molecule has 1 aromatic rings. The number of rotatable bonds is 7. The summed E-state index contributed by atoms with van der Waals surface area (Å²) in [5, 5.41) is 3.34. The first-order valence-electron chi connectivity index (χ1n) is 6.48. The summed E-state index contributed by atoms with van der Waals surface area (Å²) in [5.41, 5.74) is 1.08. The highest BCUT2D eigenvalue weighted by Crippen LogP contribution is 2.36. The Labute approximate surface area is 124 Å². The molecule has 1 aromatic carbocycles. The van der Waals surface area contributed by atoms with Crippen LogP contribution in [0.4, 0.5) is 0 Å². The zero-order chi connectivity index (χ0) is 14.3. The van der Waals surface area contributed by atoms with E-state index in [1.165, 1.54) is 0 Å². The molecule has 0 amide bonds. The quantitative estimate of drug-likeness (QED) is 0.824. The van der Waals surface area contributed by atoms with Crippen molar-refractivity contribution in [3.8, 4) is 11.5 Å². The predicted molar refractivity (Wildman–Crippen MR) is 84.0 cm³/mol. The average molecular weight is 328 g/mol. The molecule has 1 rings (SSSR count). The van der Waals surface area contributed by atoms with Crippen molar-refractivity contribution in [2.45, 2.75) is 26.8 Å². The Morgan fingerprint density at radius 3 is 2.68 bits per heavy atom. The fraction of sp³-hybridized carbons (Fsp3) is 0.467. The van der Waals surface area contributed by atoms with Gasteiger partial charge in [0.15, 0.2) is 11.5 Å². The number of benzene rings is 1. The van der Waals surface area contributed by atoms with Gasteiger partial charge in [-0.25, -0.2) is 0 Å². The third-order valence-electron chi connectivity index (χ3n) is 2.49. The second-order valence-electron chi connectivity index (χ2n) is 4.43. The summed E-state index contributed by atoms with van der Waals surface area (Å²) in [5.74, 6) is 1.50. The van der Waals surface area contributed by atoms with Crippen LogP contribution in [0.1, 0.15) is 26.3 Å². The minimum atomic E-state index is 0.492. The van der Waals surface area contributed by atoms with Crippen LogP contribution in [-0.2, 0) is 0 Å². The third kappa shape index (κ3) is 5.25. The lowest BCUT2D eigenvalue weighted by molar-refractivity contribution is 0.310. The fourth-order valence-corrected chi connectivity index (χ4v) is 2.27. The lowest BCUT2D eigenvalue weighted by atomic mass is 10.2. The molecule has 3 nitrogen and oxygen atoms in total. The van der Waals surface area contributed by atoms with Crippen molar-refractivity contribution in [3.63, 3.8) is 0 Å². The van der Waals surface area contributed by atoms with Crippen LogP contribution in [0.3, 0.4) is 0 Å². The van der Waals surface area contributed by atoms with E-state index in [9.17, 15) is 0 Å². The normalized spacial score (nSPS) is 11.3. The van der Waals surface area contributed by atoms with E-state index in [4.69, 9.17) is 9.47 Å². The van der Waals surface area contributed by atoms with Crippen LogP contribution in [0.25, 0.3) is 6.08 Å². The van der Waals surface area contributed by atoms with Gasteiger partial charge in [-0.2, -0.15) is 0 Å². The summed E-state index contributed by atoms with van der Waals surface area (Å²) < 4.78 is 11.8. The van der Waals surface area contributed by atoms with Crippen molar-refractivity contribution in [3.05, 3.63) is 28.2 Å². The van der Waals surface area contributed by atoms with Crippen LogP contribution >= 0.6 is 15.9 Å². The summed E-state index contributed by atoms with van der Waals surface area (Å²) in [6.45, 7) is 7.69. The van der Waals surface area contributed by atoms with Gasteiger partial charge in [0, 0.05) is 12.6 Å². The van der Waals surface area contributed by atoms with E-state index >= 15 is 0 Å². The van der Waals surface area contributed by atoms with Gasteiger partial charge in [0.2, 0.25) is 0 Å². The molecule has 0 bridgehead atoms. The lowest BCUT2D eigenvalue weighted by Gasteiger charge is -2.12. The number of nitrogens with one attached hydrogen (secondary N) is 1. The van der Waals surface area contributed by atoms with Gasteiger partial charge in [-0.05, 0) is 40.5 Å². The molecule has 0 aliphatic carbocycles. The Morgan fingerprint density at radius 2 is 2.11 bits per heavy atom. The van der Waals surface area contributed by atoms with Crippen LogP contribution in [-0.4, -0.2) is 26.3 Å². The Bertz CT molecular complexity index is 430. The molecule has 0 saturated heterocycles. The molecule has 0 heterocycles. The largest absolute Gasteiger partial charge is 0.492 e. The molecule has 19 heavy (non-hydrogen) atoms. The van der Waals surface area contributed by atoms with Crippen LogP contribution in [0.2, 0.25) is 0 Å². The number of hydrogen-bond donors (Lipinski definition) is 1. The predicted octanol–water partition coefficient (Wildman–Crippen LogP) is 3.87. The van der Waals surface area contributed by atoms with E-state index in [1.807, 2.05) is 19.1 Å². The summed E-state index contributed by atoms with van der Waals surface area (Å²) in [7, 11) is 1.64. The maximum atomic E-state index is 5.59. The monoisotopic (exact) mass is 327 g/mol. The van der Waals surface area contributed by atoms with Crippen molar-refractivity contribution in [1.82, 2.24) is 5.32 Å². The zero-order valence-corrected chi connectivity index (χ0v) is 13.6. The van der Waals surface area contributed by atoms with Gasteiger partial charge in [-0.3, -0.25) is 0 Å². The molecule has 106 valence electrons. The van der Waals surface area contributed by atoms with E-state index < -0.39 is 0 Å². The number of methoxy groups -OCH3 is 1. The van der Waals surface area contributed by atoms with E-state index in [2.05, 4.69) is 47.2 Å². The molecular weight excluding hydrogens is 306 g/mol. The van der Waals surface area contributed by atoms with Crippen molar-refractivity contribution >= 4 is 22.0 Å². The summed E-state index contributed by atoms with van der Waals surface area (Å²) in [4.78, 5) is 0. The molecule has 0 spiro atoms. The lowest BCUT2D eigenvalue weighted by Crippen LogP contribution is -2.22. The second kappa shape index (κ2) is 8.23. The second-order valence-corrected chi connectivity index (χ2v) is 5.29. The molecule has 0 radical (unpaired) electrons. The van der Waals surface area contributed by atoms with Gasteiger partial charge >= 0.3 is 0 Å². The molecule has 0 fully saturated rings. The third-order valence-corrected chi connectivity index (χ3v) is 3.08. The maximum Gasteiger partial charge on any atom is 0.174 e. The maximum absolute atomic E-state index is 5.59. The van der Waals surface area contributed by atoms with E-state index in [0.717, 1.165) is 28.1 Å². The van der Waals surface area contributed by atoms with Crippen molar-refractivity contribution in [2.75, 3.05) is 20.3 Å². The summed E-state index contributed by atoms with van der Waals surface area (Å²) >= 11 is 3.51. The van der Waals surface area contributed by atoms with Gasteiger partial charge in [-0.1, -0.05) is 26.0 Å². The summed E-state index contributed by atoms with van der Waals surface area (Å²) in [6, 6.07) is 4.50. The topological polar surface area (TPSA) is 30.5 Å². The van der Waals surface area contributed by atoms with Crippen LogP contribution < -0.4 is 14.8 Å². The Balaban J connectivity index is 2.84. The molecule has 0 saturated carbocycles. The Kier molecular flexibility index (Phi) is 6.95. The first-order chi connectivity index (χ1) is 9.08. The standard InChI is InChI=1S/C15H22BrNO2/c1-5-19-14-10-12(7-6-8-17-11(2)3)9-13(16)15(14)18-4/h6-7,9-11,17H,5,8H2,1-4H3. The minimum Gasteiger partial charge on any atom is -0.492 e. The highest BCUT2D eigenvalue weighted by molar-refractivity contribution is 9.10. The molecule has 0 aromatic heterocycles. The van der Waals surface area contributed by atoms with Crippen molar-refractivity contribution < 1.29 is 9.47 Å². The Hall–Kier alpha value is -1.00. The fourth-order valence-electron chi connectivity index (χ4n) is 1.64. The van der Waals surface area contributed by atoms with Gasteiger partial charge < -0.3 is 14.8 Å². The first-order valence-corrected chi connectivity index (χ1v) is 7.28. The molecular formula is C15H22BrNO2. The van der Waals surface area contributed by atoms with Crippen LogP contribution in [0.5, 0.6) is 11.5 Å². The summed E-state index contributed by atoms with van der Waals surface area (Å²) in [6.07, 6.45) is 4.17. The van der Waals surface area contributed by atoms with Gasteiger partial charge in [0.1, 0.15) is 0 Å². The minimum absolute atomic E-state index is 0.492. The first kappa shape index (κ1) is 16.1. The van der Waals surface area contributed by atoms with E-state index in [0.29, 0.717) is 12.6 Å². The van der Waals surface area contributed by atoms with Gasteiger partial charge in [-0.15, -0.1) is 0 Å². The highest BCUT2D eigenvalue weighted by atomic mass is 79.9. The van der Waals surface area contributed by atoms with Crippen LogP contribution in [0.15, 0.2) is 22.7 Å². The SMILES string of the molecule is CCOc1cc(C=CCNC(C)C)cc(Br)c1OC. The van der Waals surface area contributed by atoms with E-state index in [1.54, 1.807) is 7.11 Å². The van der Waals surface area contributed by atoms with Crippen molar-refractivity contribution in [2.24, 2.45) is 0 Å².